The van der Waals surface area contributed by atoms with E-state index in [2.05, 4.69) is 45.5 Å². The van der Waals surface area contributed by atoms with Crippen LogP contribution >= 0.6 is 0 Å². The minimum atomic E-state index is -0.838. The highest BCUT2D eigenvalue weighted by molar-refractivity contribution is 5.52. The number of rotatable bonds is 6. The van der Waals surface area contributed by atoms with Gasteiger partial charge in [0.25, 0.3) is 0 Å². The second-order valence-corrected chi connectivity index (χ2v) is 17.8. The molecule has 0 radical (unpaired) electrons. The largest absolute Gasteiger partial charge is 0.389 e. The number of ether oxygens (including phenoxy) is 4. The fourth-order valence-electron chi connectivity index (χ4n) is 12.4. The average Bonchev–Trinajstić information content (AvgIpc) is 3.31. The van der Waals surface area contributed by atoms with Crippen molar-refractivity contribution in [1.82, 2.24) is 0 Å². The number of benzene rings is 1. The first-order valence-corrected chi connectivity index (χ1v) is 18.7. The molecule has 9 atom stereocenters. The zero-order valence-corrected chi connectivity index (χ0v) is 28.7. The second-order valence-electron chi connectivity index (χ2n) is 17.8. The molecule has 2 N–H and O–H groups in total. The zero-order valence-electron chi connectivity index (χ0n) is 28.7. The van der Waals surface area contributed by atoms with Gasteiger partial charge in [-0.3, -0.25) is 0 Å². The van der Waals surface area contributed by atoms with Crippen LogP contribution < -0.4 is 0 Å². The smallest absolute Gasteiger partial charge is 0.171 e. The van der Waals surface area contributed by atoms with Gasteiger partial charge in [-0.25, -0.2) is 0 Å². The lowest BCUT2D eigenvalue weighted by molar-refractivity contribution is -0.358. The van der Waals surface area contributed by atoms with Crippen LogP contribution in [0.25, 0.3) is 6.08 Å². The first-order chi connectivity index (χ1) is 21.9. The molecule has 46 heavy (non-hydrogen) atoms. The van der Waals surface area contributed by atoms with Crippen LogP contribution in [-0.2, 0) is 25.4 Å². The summed E-state index contributed by atoms with van der Waals surface area (Å²) in [5, 5.41) is 25.6. The van der Waals surface area contributed by atoms with E-state index in [0.717, 1.165) is 89.2 Å². The van der Waals surface area contributed by atoms with Crippen LogP contribution in [0.1, 0.15) is 127 Å². The van der Waals surface area contributed by atoms with E-state index in [1.807, 2.05) is 6.08 Å². The number of fused-ring (bicyclic) bond motifs is 4. The summed E-state index contributed by atoms with van der Waals surface area (Å²) in [5.74, 6) is 1.01. The normalized spacial score (nSPS) is 45.3. The molecule has 8 rings (SSSR count). The van der Waals surface area contributed by atoms with Crippen molar-refractivity contribution in [2.45, 2.75) is 140 Å². The molecule has 3 unspecified atom stereocenters. The van der Waals surface area contributed by atoms with Gasteiger partial charge in [0.15, 0.2) is 12.1 Å². The summed E-state index contributed by atoms with van der Waals surface area (Å²) >= 11 is 0. The standard InChI is InChI=1S/C40H58O6/c1-5-27-10-11-29-28(21-27)22-37-17-18-40(45-25-35(2,3)26-46-40)24-39(37,42)15-12-30-32-13-16-38(41,36(32,4)23-31(29)34(30)37)14-8-20-44-33-9-6-7-19-43-33/h5,10-11,21,30-34,41-42H,1,6-9,12-20,22-26H2,2-4H3/t30-,31?,32+,33?,34?,36-,37-,38+,39+/m0/s1. The van der Waals surface area contributed by atoms with E-state index in [0.29, 0.717) is 49.9 Å². The van der Waals surface area contributed by atoms with Crippen molar-refractivity contribution in [3.8, 4) is 0 Å². The molecule has 2 aliphatic heterocycles. The summed E-state index contributed by atoms with van der Waals surface area (Å²) < 4.78 is 25.0. The van der Waals surface area contributed by atoms with Gasteiger partial charge in [0, 0.05) is 36.9 Å². The molecular formula is C40H58O6. The second kappa shape index (κ2) is 11.1. The molecule has 2 saturated heterocycles. The summed E-state index contributed by atoms with van der Waals surface area (Å²) in [7, 11) is 0. The van der Waals surface area contributed by atoms with Gasteiger partial charge in [-0.05, 0) is 123 Å². The van der Waals surface area contributed by atoms with Crippen LogP contribution in [0.4, 0.5) is 0 Å². The number of hydrogen-bond acceptors (Lipinski definition) is 6. The third-order valence-corrected chi connectivity index (χ3v) is 14.7. The van der Waals surface area contributed by atoms with Crippen molar-refractivity contribution >= 4 is 6.08 Å². The maximum atomic E-state index is 13.0. The average molecular weight is 635 g/mol. The van der Waals surface area contributed by atoms with Gasteiger partial charge >= 0.3 is 0 Å². The Labute approximate surface area is 276 Å². The fraction of sp³-hybridized carbons (Fsp3) is 0.800. The van der Waals surface area contributed by atoms with Crippen LogP contribution in [0.2, 0.25) is 0 Å². The summed E-state index contributed by atoms with van der Waals surface area (Å²) in [6.45, 7) is 13.7. The third-order valence-electron chi connectivity index (χ3n) is 14.7. The first kappa shape index (κ1) is 32.0. The van der Waals surface area contributed by atoms with Crippen molar-refractivity contribution in [3.63, 3.8) is 0 Å². The van der Waals surface area contributed by atoms with Gasteiger partial charge in [-0.2, -0.15) is 0 Å². The van der Waals surface area contributed by atoms with Gasteiger partial charge in [0.1, 0.15) is 0 Å². The van der Waals surface area contributed by atoms with Crippen molar-refractivity contribution in [2.75, 3.05) is 26.4 Å². The third kappa shape index (κ3) is 4.78. The van der Waals surface area contributed by atoms with Crippen LogP contribution in [-0.4, -0.2) is 59.9 Å². The summed E-state index contributed by atoms with van der Waals surface area (Å²) in [6, 6.07) is 6.94. The maximum Gasteiger partial charge on any atom is 0.171 e. The molecule has 1 aromatic rings. The highest BCUT2D eigenvalue weighted by atomic mass is 16.7. The predicted octanol–water partition coefficient (Wildman–Crippen LogP) is 7.54. The highest BCUT2D eigenvalue weighted by Crippen LogP contribution is 2.75. The fourth-order valence-corrected chi connectivity index (χ4v) is 12.4. The van der Waals surface area contributed by atoms with Crippen molar-refractivity contribution in [1.29, 1.82) is 0 Å². The van der Waals surface area contributed by atoms with E-state index in [4.69, 9.17) is 18.9 Å². The Kier molecular flexibility index (Phi) is 7.72. The summed E-state index contributed by atoms with van der Waals surface area (Å²) in [5.41, 5.74) is 2.06. The molecule has 7 aliphatic rings. The molecule has 0 aromatic heterocycles. The van der Waals surface area contributed by atoms with Crippen LogP contribution in [0.3, 0.4) is 0 Å². The van der Waals surface area contributed by atoms with Gasteiger partial charge in [0.2, 0.25) is 0 Å². The molecule has 254 valence electrons. The van der Waals surface area contributed by atoms with E-state index >= 15 is 0 Å². The van der Waals surface area contributed by atoms with Crippen LogP contribution in [0.5, 0.6) is 0 Å². The lowest BCUT2D eigenvalue weighted by Gasteiger charge is -2.70. The van der Waals surface area contributed by atoms with Gasteiger partial charge in [-0.1, -0.05) is 51.6 Å². The first-order valence-electron chi connectivity index (χ1n) is 18.7. The Morgan fingerprint density at radius 3 is 2.59 bits per heavy atom. The Bertz CT molecular complexity index is 1320. The van der Waals surface area contributed by atoms with E-state index in [-0.39, 0.29) is 22.5 Å². The Morgan fingerprint density at radius 1 is 1.00 bits per heavy atom. The molecule has 6 nitrogen and oxygen atoms in total. The SMILES string of the molecule is C=Cc1ccc2c(c1)C[C@]13CCC4(C[C@]1(O)CC[C@@H]1C3C2C[C@@]2(C)[C@@H]1CC[C@]2(O)CCCOC1CCCCO1)OCC(C)(C)CO4. The minimum absolute atomic E-state index is 0.000502. The van der Waals surface area contributed by atoms with E-state index in [9.17, 15) is 10.2 Å². The minimum Gasteiger partial charge on any atom is -0.389 e. The molecule has 6 heteroatoms. The van der Waals surface area contributed by atoms with Gasteiger partial charge < -0.3 is 29.2 Å². The molecule has 1 aromatic carbocycles. The summed E-state index contributed by atoms with van der Waals surface area (Å²) in [6.07, 6.45) is 14.8. The molecule has 4 saturated carbocycles. The van der Waals surface area contributed by atoms with E-state index in [1.165, 1.54) is 17.5 Å². The zero-order chi connectivity index (χ0) is 32.0. The predicted molar refractivity (Wildman–Crippen MR) is 178 cm³/mol. The Hall–Kier alpha value is -1.28. The molecule has 2 spiro atoms. The Balaban J connectivity index is 1.11. The van der Waals surface area contributed by atoms with Gasteiger partial charge in [-0.15, -0.1) is 0 Å². The molecule has 6 fully saturated rings. The molecule has 0 amide bonds. The highest BCUT2D eigenvalue weighted by Gasteiger charge is 2.73. The van der Waals surface area contributed by atoms with E-state index < -0.39 is 17.0 Å². The number of hydrogen-bond donors (Lipinski definition) is 2. The quantitative estimate of drug-likeness (QED) is 0.315. The molecular weight excluding hydrogens is 576 g/mol. The van der Waals surface area contributed by atoms with Gasteiger partial charge in [0.05, 0.1) is 24.4 Å². The van der Waals surface area contributed by atoms with E-state index in [1.54, 1.807) is 0 Å². The monoisotopic (exact) mass is 634 g/mol. The molecule has 2 heterocycles. The Morgan fingerprint density at radius 2 is 1.83 bits per heavy atom. The topological polar surface area (TPSA) is 77.4 Å². The lowest BCUT2D eigenvalue weighted by Crippen LogP contribution is -2.71. The van der Waals surface area contributed by atoms with Crippen LogP contribution in [0.15, 0.2) is 24.8 Å². The molecule has 0 bridgehead atoms. The lowest BCUT2D eigenvalue weighted by atomic mass is 9.36. The van der Waals surface area contributed by atoms with Crippen molar-refractivity contribution in [3.05, 3.63) is 41.5 Å². The summed E-state index contributed by atoms with van der Waals surface area (Å²) in [4.78, 5) is 0. The van der Waals surface area contributed by atoms with Crippen molar-refractivity contribution < 1.29 is 29.2 Å². The number of aliphatic hydroxyl groups is 2. The maximum absolute atomic E-state index is 13.0. The molecule has 5 aliphatic carbocycles. The van der Waals surface area contributed by atoms with Crippen LogP contribution in [0, 0.1) is 34.0 Å². The van der Waals surface area contributed by atoms with Crippen molar-refractivity contribution in [2.24, 2.45) is 34.0 Å².